The Bertz CT molecular complexity index is 1360. The lowest BCUT2D eigenvalue weighted by Gasteiger charge is -2.33. The van der Waals surface area contributed by atoms with E-state index in [0.717, 1.165) is 9.87 Å². The smallest absolute Gasteiger partial charge is 0.264 e. The number of nitrogens with zero attached hydrogens (tertiary/aromatic N) is 2. The molecule has 3 rings (SSSR count). The maximum absolute atomic E-state index is 13.8. The number of carbonyl (C=O) groups is 2. The molecule has 0 heterocycles. The Kier molecular flexibility index (Phi) is 9.46. The summed E-state index contributed by atoms with van der Waals surface area (Å²) in [7, 11) is -4.14. The van der Waals surface area contributed by atoms with Crippen molar-refractivity contribution in [2.24, 2.45) is 0 Å². The number of amides is 2. The van der Waals surface area contributed by atoms with Gasteiger partial charge in [-0.3, -0.25) is 13.9 Å². The van der Waals surface area contributed by atoms with Gasteiger partial charge in [-0.05, 0) is 81.8 Å². The van der Waals surface area contributed by atoms with Gasteiger partial charge in [0.15, 0.2) is 0 Å². The van der Waals surface area contributed by atoms with Crippen LogP contribution in [0.15, 0.2) is 83.8 Å². The molecule has 1 atom stereocenters. The third-order valence-electron chi connectivity index (χ3n) is 5.66. The molecular formula is C28H31Cl2N3O4S. The van der Waals surface area contributed by atoms with Gasteiger partial charge in [-0.15, -0.1) is 0 Å². The molecule has 0 bridgehead atoms. The largest absolute Gasteiger partial charge is 0.350 e. The van der Waals surface area contributed by atoms with E-state index >= 15 is 0 Å². The van der Waals surface area contributed by atoms with E-state index in [4.69, 9.17) is 23.2 Å². The number of anilines is 1. The molecule has 10 heteroatoms. The Hall–Kier alpha value is -3.07. The molecule has 2 amide bonds. The van der Waals surface area contributed by atoms with Crippen LogP contribution >= 0.6 is 23.2 Å². The van der Waals surface area contributed by atoms with E-state index in [1.807, 2.05) is 20.8 Å². The first-order valence-corrected chi connectivity index (χ1v) is 14.2. The fraction of sp³-hybridized carbons (Fsp3) is 0.286. The number of nitrogens with one attached hydrogen (secondary N) is 1. The first-order valence-electron chi connectivity index (χ1n) is 12.0. The average Bonchev–Trinajstić information content (AvgIpc) is 2.86. The molecule has 3 aromatic rings. The highest BCUT2D eigenvalue weighted by atomic mass is 35.5. The highest BCUT2D eigenvalue weighted by Gasteiger charge is 2.33. The summed E-state index contributed by atoms with van der Waals surface area (Å²) in [5.41, 5.74) is 0.535. The lowest BCUT2D eigenvalue weighted by Crippen LogP contribution is -2.54. The molecule has 0 aromatic heterocycles. The summed E-state index contributed by atoms with van der Waals surface area (Å²) < 4.78 is 28.5. The highest BCUT2D eigenvalue weighted by Crippen LogP contribution is 2.25. The highest BCUT2D eigenvalue weighted by molar-refractivity contribution is 7.92. The minimum absolute atomic E-state index is 0.0127. The number of carbonyl (C=O) groups excluding carboxylic acids is 2. The summed E-state index contributed by atoms with van der Waals surface area (Å²) in [6.07, 6.45) is 0. The zero-order valence-electron chi connectivity index (χ0n) is 21.7. The van der Waals surface area contributed by atoms with Crippen molar-refractivity contribution in [2.75, 3.05) is 10.8 Å². The van der Waals surface area contributed by atoms with E-state index in [1.165, 1.54) is 29.2 Å². The van der Waals surface area contributed by atoms with Crippen molar-refractivity contribution >= 4 is 50.7 Å². The summed E-state index contributed by atoms with van der Waals surface area (Å²) in [6, 6.07) is 20.1. The van der Waals surface area contributed by atoms with Crippen LogP contribution in [0.1, 0.15) is 33.3 Å². The second-order valence-electron chi connectivity index (χ2n) is 9.86. The second-order valence-corrected chi connectivity index (χ2v) is 12.6. The van der Waals surface area contributed by atoms with Gasteiger partial charge in [-0.25, -0.2) is 8.42 Å². The van der Waals surface area contributed by atoms with Gasteiger partial charge in [0.25, 0.3) is 10.0 Å². The van der Waals surface area contributed by atoms with Crippen molar-refractivity contribution in [2.45, 2.75) is 50.7 Å². The maximum atomic E-state index is 13.8. The molecule has 0 saturated carbocycles. The molecule has 38 heavy (non-hydrogen) atoms. The van der Waals surface area contributed by atoms with Crippen LogP contribution in [0.2, 0.25) is 10.0 Å². The molecule has 1 unspecified atom stereocenters. The van der Waals surface area contributed by atoms with Crippen LogP contribution in [-0.2, 0) is 26.2 Å². The van der Waals surface area contributed by atoms with E-state index in [-0.39, 0.29) is 17.3 Å². The second kappa shape index (κ2) is 12.2. The lowest BCUT2D eigenvalue weighted by atomic mass is 10.1. The van der Waals surface area contributed by atoms with Gasteiger partial charge in [0.1, 0.15) is 12.6 Å². The number of sulfonamides is 1. The van der Waals surface area contributed by atoms with Crippen LogP contribution in [0.4, 0.5) is 5.69 Å². The van der Waals surface area contributed by atoms with E-state index in [9.17, 15) is 18.0 Å². The number of rotatable bonds is 9. The van der Waals surface area contributed by atoms with E-state index in [2.05, 4.69) is 5.32 Å². The molecule has 1 N–H and O–H groups in total. The molecule has 0 saturated heterocycles. The monoisotopic (exact) mass is 575 g/mol. The standard InChI is InChI=1S/C28H31Cl2N3O4S/c1-20(27(35)31-28(2,3)4)32(18-21-10-12-22(29)13-11-21)26(34)19-33(24-8-6-5-7-9-24)38(36,37)25-16-14-23(30)15-17-25/h5-17,20H,18-19H2,1-4H3,(H,31,35). The molecule has 3 aromatic carbocycles. The van der Waals surface area contributed by atoms with Gasteiger partial charge >= 0.3 is 0 Å². The Labute approximate surface area is 234 Å². The normalized spacial score (nSPS) is 12.5. The van der Waals surface area contributed by atoms with Crippen LogP contribution in [0.25, 0.3) is 0 Å². The maximum Gasteiger partial charge on any atom is 0.264 e. The van der Waals surface area contributed by atoms with Crippen molar-refractivity contribution < 1.29 is 18.0 Å². The van der Waals surface area contributed by atoms with Crippen molar-refractivity contribution in [1.29, 1.82) is 0 Å². The van der Waals surface area contributed by atoms with Crippen molar-refractivity contribution in [3.8, 4) is 0 Å². The summed E-state index contributed by atoms with van der Waals surface area (Å²) in [5, 5.41) is 3.82. The Morgan fingerprint density at radius 3 is 1.92 bits per heavy atom. The number of hydrogen-bond acceptors (Lipinski definition) is 4. The van der Waals surface area contributed by atoms with Crippen molar-refractivity contribution in [3.63, 3.8) is 0 Å². The Morgan fingerprint density at radius 2 is 1.39 bits per heavy atom. The van der Waals surface area contributed by atoms with E-state index in [0.29, 0.717) is 15.7 Å². The van der Waals surface area contributed by atoms with Crippen LogP contribution in [0, 0.1) is 0 Å². The van der Waals surface area contributed by atoms with Gasteiger partial charge in [0.05, 0.1) is 10.6 Å². The van der Waals surface area contributed by atoms with E-state index < -0.39 is 34.1 Å². The zero-order chi connectivity index (χ0) is 28.1. The molecule has 0 radical (unpaired) electrons. The molecular weight excluding hydrogens is 545 g/mol. The van der Waals surface area contributed by atoms with Gasteiger partial charge in [0.2, 0.25) is 11.8 Å². The summed E-state index contributed by atoms with van der Waals surface area (Å²) in [5.74, 6) is -0.899. The van der Waals surface area contributed by atoms with Crippen molar-refractivity contribution in [1.82, 2.24) is 10.2 Å². The van der Waals surface area contributed by atoms with Crippen LogP contribution in [0.3, 0.4) is 0 Å². The first kappa shape index (κ1) is 29.5. The fourth-order valence-corrected chi connectivity index (χ4v) is 5.37. The molecule has 202 valence electrons. The number of para-hydroxylation sites is 1. The van der Waals surface area contributed by atoms with Gasteiger partial charge in [-0.1, -0.05) is 53.5 Å². The molecule has 7 nitrogen and oxygen atoms in total. The molecule has 0 fully saturated rings. The molecule has 0 spiro atoms. The average molecular weight is 577 g/mol. The molecule has 0 aliphatic carbocycles. The summed E-state index contributed by atoms with van der Waals surface area (Å²) >= 11 is 12.0. The predicted octanol–water partition coefficient (Wildman–Crippen LogP) is 5.52. The zero-order valence-corrected chi connectivity index (χ0v) is 24.0. The van der Waals surface area contributed by atoms with Crippen LogP contribution < -0.4 is 9.62 Å². The Morgan fingerprint density at radius 1 is 0.868 bits per heavy atom. The number of hydrogen-bond donors (Lipinski definition) is 1. The van der Waals surface area contributed by atoms with Crippen LogP contribution in [0.5, 0.6) is 0 Å². The third-order valence-corrected chi connectivity index (χ3v) is 7.95. The Balaban J connectivity index is 2.00. The summed E-state index contributed by atoms with van der Waals surface area (Å²) in [6.45, 7) is 6.72. The van der Waals surface area contributed by atoms with Crippen molar-refractivity contribution in [3.05, 3.63) is 94.5 Å². The summed E-state index contributed by atoms with van der Waals surface area (Å²) in [4.78, 5) is 28.3. The van der Waals surface area contributed by atoms with Gasteiger partial charge in [-0.2, -0.15) is 0 Å². The molecule has 0 aliphatic heterocycles. The lowest BCUT2D eigenvalue weighted by molar-refractivity contribution is -0.140. The SMILES string of the molecule is CC(C(=O)NC(C)(C)C)N(Cc1ccc(Cl)cc1)C(=O)CN(c1ccccc1)S(=O)(=O)c1ccc(Cl)cc1. The minimum Gasteiger partial charge on any atom is -0.350 e. The molecule has 0 aliphatic rings. The predicted molar refractivity (Wildman–Crippen MR) is 152 cm³/mol. The quantitative estimate of drug-likeness (QED) is 0.364. The van der Waals surface area contributed by atoms with Gasteiger partial charge in [0, 0.05) is 22.1 Å². The minimum atomic E-state index is -4.14. The van der Waals surface area contributed by atoms with Gasteiger partial charge < -0.3 is 10.2 Å². The first-order chi connectivity index (χ1) is 17.8. The number of benzene rings is 3. The third kappa shape index (κ3) is 7.72. The van der Waals surface area contributed by atoms with Crippen LogP contribution in [-0.4, -0.2) is 43.3 Å². The number of halogens is 2. The topological polar surface area (TPSA) is 86.8 Å². The fourth-order valence-electron chi connectivity index (χ4n) is 3.70. The van der Waals surface area contributed by atoms with E-state index in [1.54, 1.807) is 61.5 Å².